The van der Waals surface area contributed by atoms with Gasteiger partial charge in [-0.15, -0.1) is 0 Å². The Morgan fingerprint density at radius 2 is 1.12 bits per heavy atom. The van der Waals surface area contributed by atoms with E-state index >= 15 is 0 Å². The Morgan fingerprint density at radius 1 is 0.708 bits per heavy atom. The van der Waals surface area contributed by atoms with Crippen LogP contribution in [0.2, 0.25) is 0 Å². The van der Waals surface area contributed by atoms with Crippen LogP contribution in [-0.2, 0) is 0 Å². The van der Waals surface area contributed by atoms with Gasteiger partial charge in [0, 0.05) is 0 Å². The monoisotopic (exact) mass is 400 g/mol. The summed E-state index contributed by atoms with van der Waals surface area (Å²) < 4.78 is 0. The summed E-state index contributed by atoms with van der Waals surface area (Å²) in [7, 11) is 0. The quantitative estimate of drug-likeness (QED) is 0.601. The van der Waals surface area contributed by atoms with E-state index < -0.39 is 5.31 Å². The summed E-state index contributed by atoms with van der Waals surface area (Å²) >= 11 is 4.35. The van der Waals surface area contributed by atoms with Crippen LogP contribution in [0.4, 0.5) is 0 Å². The Labute approximate surface area is 152 Å². The number of benzene rings is 3. The summed E-state index contributed by atoms with van der Waals surface area (Å²) in [6.45, 7) is 2.23. The Kier molecular flexibility index (Phi) is 4.80. The standard InChI is InChI=1S/C21H22BrOP/c1-2-17-24(22,19-9-5-3-6-10-19,20-11-7-4-8-12-20)21-15-13-18(23)14-16-21/h3-16,23H,2,17H2,1H3. The van der Waals surface area contributed by atoms with Crippen LogP contribution in [0.3, 0.4) is 0 Å². The van der Waals surface area contributed by atoms with Crippen LogP contribution >= 0.6 is 20.8 Å². The molecule has 0 aliphatic rings. The molecule has 124 valence electrons. The van der Waals surface area contributed by atoms with Gasteiger partial charge in [0.25, 0.3) is 0 Å². The fraction of sp³-hybridized carbons (Fsp3) is 0.143. The predicted molar refractivity (Wildman–Crippen MR) is 111 cm³/mol. The second-order valence-corrected chi connectivity index (χ2v) is 15.2. The Morgan fingerprint density at radius 3 is 1.54 bits per heavy atom. The van der Waals surface area contributed by atoms with Crippen molar-refractivity contribution in [3.05, 3.63) is 84.9 Å². The minimum absolute atomic E-state index is 0.300. The Bertz CT molecular complexity index is 761. The fourth-order valence-corrected chi connectivity index (χ4v) is 11.6. The zero-order valence-electron chi connectivity index (χ0n) is 13.8. The summed E-state index contributed by atoms with van der Waals surface area (Å²) in [5.41, 5.74) is 0. The van der Waals surface area contributed by atoms with E-state index in [9.17, 15) is 5.11 Å². The normalized spacial score (nSPS) is 13.2. The minimum atomic E-state index is -2.75. The number of rotatable bonds is 5. The molecule has 0 aromatic heterocycles. The van der Waals surface area contributed by atoms with Crippen molar-refractivity contribution in [2.45, 2.75) is 13.3 Å². The van der Waals surface area contributed by atoms with Gasteiger partial charge in [0.1, 0.15) is 0 Å². The second kappa shape index (κ2) is 6.70. The van der Waals surface area contributed by atoms with Crippen LogP contribution < -0.4 is 15.9 Å². The molecule has 3 aromatic carbocycles. The average Bonchev–Trinajstić information content (AvgIpc) is 2.64. The van der Waals surface area contributed by atoms with Crippen molar-refractivity contribution in [1.29, 1.82) is 0 Å². The topological polar surface area (TPSA) is 20.2 Å². The van der Waals surface area contributed by atoms with Crippen LogP contribution in [0.1, 0.15) is 13.3 Å². The van der Waals surface area contributed by atoms with Crippen molar-refractivity contribution < 1.29 is 5.11 Å². The van der Waals surface area contributed by atoms with E-state index in [0.717, 1.165) is 12.6 Å². The molecule has 0 fully saturated rings. The van der Waals surface area contributed by atoms with Gasteiger partial charge >= 0.3 is 152 Å². The van der Waals surface area contributed by atoms with Gasteiger partial charge < -0.3 is 0 Å². The molecule has 3 rings (SSSR count). The summed E-state index contributed by atoms with van der Waals surface area (Å²) in [4.78, 5) is 0. The van der Waals surface area contributed by atoms with Crippen LogP contribution in [0.25, 0.3) is 0 Å². The first-order valence-electron chi connectivity index (χ1n) is 8.23. The molecule has 3 aromatic rings. The summed E-state index contributed by atoms with van der Waals surface area (Å²) in [6.07, 6.45) is 2.10. The van der Waals surface area contributed by atoms with E-state index in [4.69, 9.17) is 0 Å². The first-order chi connectivity index (χ1) is 11.6. The molecule has 3 heteroatoms. The Hall–Kier alpha value is -1.63. The number of halogens is 1. The van der Waals surface area contributed by atoms with Crippen molar-refractivity contribution >= 4 is 36.7 Å². The van der Waals surface area contributed by atoms with E-state index in [1.54, 1.807) is 12.1 Å². The van der Waals surface area contributed by atoms with E-state index in [0.29, 0.717) is 5.75 Å². The molecule has 24 heavy (non-hydrogen) atoms. The molecular formula is C21H22BrOP. The van der Waals surface area contributed by atoms with Crippen molar-refractivity contribution in [2.24, 2.45) is 0 Å². The van der Waals surface area contributed by atoms with E-state index in [2.05, 4.69) is 95.2 Å². The Balaban J connectivity index is 2.40. The second-order valence-electron chi connectivity index (χ2n) is 6.09. The maximum atomic E-state index is 9.78. The molecule has 1 N–H and O–H groups in total. The van der Waals surface area contributed by atoms with Crippen LogP contribution in [0, 0.1) is 0 Å². The van der Waals surface area contributed by atoms with Crippen molar-refractivity contribution in [2.75, 3.05) is 6.16 Å². The molecule has 0 unspecified atom stereocenters. The number of aromatic hydroxyl groups is 1. The maximum absolute atomic E-state index is 9.78. The van der Waals surface area contributed by atoms with E-state index in [1.165, 1.54) is 15.9 Å². The van der Waals surface area contributed by atoms with Crippen LogP contribution in [0.5, 0.6) is 5.75 Å². The van der Waals surface area contributed by atoms with Gasteiger partial charge in [-0.1, -0.05) is 0 Å². The third-order valence-electron chi connectivity index (χ3n) is 4.62. The van der Waals surface area contributed by atoms with E-state index in [-0.39, 0.29) is 0 Å². The summed E-state index contributed by atoms with van der Waals surface area (Å²) in [5.74, 6) is 0.300. The zero-order valence-corrected chi connectivity index (χ0v) is 16.2. The molecule has 0 amide bonds. The molecule has 0 spiro atoms. The molecule has 0 saturated carbocycles. The van der Waals surface area contributed by atoms with Gasteiger partial charge in [0.05, 0.1) is 0 Å². The molecule has 0 heterocycles. The van der Waals surface area contributed by atoms with Gasteiger partial charge in [-0.25, -0.2) is 0 Å². The number of phenolic OH excluding ortho intramolecular Hbond substituents is 1. The third-order valence-corrected chi connectivity index (χ3v) is 14.8. The molecule has 0 bridgehead atoms. The summed E-state index contributed by atoms with van der Waals surface area (Å²) in [6, 6.07) is 29.2. The molecule has 0 aliphatic carbocycles. The molecule has 0 saturated heterocycles. The first kappa shape index (κ1) is 17.2. The SMILES string of the molecule is CCCP(Br)(c1ccccc1)(c1ccccc1)c1ccc(O)cc1. The predicted octanol–water partition coefficient (Wildman–Crippen LogP) is 4.94. The number of hydrogen-bond donors (Lipinski definition) is 1. The van der Waals surface area contributed by atoms with Gasteiger partial charge in [0.2, 0.25) is 0 Å². The average molecular weight is 401 g/mol. The first-order valence-corrected chi connectivity index (χ1v) is 12.7. The van der Waals surface area contributed by atoms with Crippen molar-refractivity contribution in [3.8, 4) is 5.75 Å². The summed E-state index contributed by atoms with van der Waals surface area (Å²) in [5, 5.41) is 10.9. The van der Waals surface area contributed by atoms with E-state index in [1.807, 2.05) is 0 Å². The number of phenols is 1. The van der Waals surface area contributed by atoms with Gasteiger partial charge in [-0.2, -0.15) is 0 Å². The van der Waals surface area contributed by atoms with Crippen molar-refractivity contribution in [1.82, 2.24) is 0 Å². The van der Waals surface area contributed by atoms with Gasteiger partial charge in [-0.3, -0.25) is 0 Å². The molecule has 0 aliphatic heterocycles. The molecule has 0 radical (unpaired) electrons. The molecule has 0 atom stereocenters. The zero-order chi connectivity index (χ0) is 17.1. The van der Waals surface area contributed by atoms with Gasteiger partial charge in [0.15, 0.2) is 0 Å². The fourth-order valence-electron chi connectivity index (χ4n) is 3.50. The van der Waals surface area contributed by atoms with Gasteiger partial charge in [-0.05, 0) is 0 Å². The molecular weight excluding hydrogens is 379 g/mol. The van der Waals surface area contributed by atoms with Crippen LogP contribution in [0.15, 0.2) is 84.9 Å². The number of hydrogen-bond acceptors (Lipinski definition) is 1. The van der Waals surface area contributed by atoms with Crippen LogP contribution in [-0.4, -0.2) is 11.3 Å². The third kappa shape index (κ3) is 2.68. The van der Waals surface area contributed by atoms with Crippen molar-refractivity contribution in [3.63, 3.8) is 0 Å². The molecule has 1 nitrogen and oxygen atoms in total.